The summed E-state index contributed by atoms with van der Waals surface area (Å²) in [6, 6.07) is 13.3. The topological polar surface area (TPSA) is 8.81 Å². The van der Waals surface area contributed by atoms with E-state index in [0.717, 1.165) is 5.28 Å². The fourth-order valence-corrected chi connectivity index (χ4v) is 4.57. The van der Waals surface area contributed by atoms with Gasteiger partial charge < -0.3 is 0 Å². The quantitative estimate of drug-likeness (QED) is 0.356. The first kappa shape index (κ1) is 22.6. The molecule has 0 N–H and O–H groups in total. The number of aromatic nitrogens is 2. The fraction of sp³-hybridized carbons (Fsp3) is 0.444. The Kier molecular flexibility index (Phi) is 6.77. The predicted octanol–water partition coefficient (Wildman–Crippen LogP) is 7.90. The normalized spacial score (nSPS) is 12.0. The molecule has 0 spiro atoms. The molecule has 2 aromatic carbocycles. The number of hydrogen-bond donors (Lipinski definition) is 0. The third kappa shape index (κ3) is 4.07. The average molecular weight is 424 g/mol. The molecule has 1 aromatic heterocycles. The Hall–Kier alpha value is -2.06. The summed E-state index contributed by atoms with van der Waals surface area (Å²) in [6.45, 7) is 18.0. The SMILES string of the molecule is CC(C)c1cccc(C(C)C)c1-n1cc[n+](-c2c(C(C)C)cccc2C(C)C)c1Cl. The largest absolute Gasteiger partial charge is 0.365 e. The molecule has 0 saturated carbocycles. The van der Waals surface area contributed by atoms with Gasteiger partial charge in [0.05, 0.1) is 0 Å². The van der Waals surface area contributed by atoms with Crippen molar-refractivity contribution in [3.63, 3.8) is 0 Å². The number of imidazole rings is 1. The summed E-state index contributed by atoms with van der Waals surface area (Å²) in [5, 5.41) is 0.722. The van der Waals surface area contributed by atoms with Crippen LogP contribution >= 0.6 is 11.6 Å². The number of rotatable bonds is 6. The Morgan fingerprint density at radius 1 is 0.667 bits per heavy atom. The Labute approximate surface area is 187 Å². The van der Waals surface area contributed by atoms with Gasteiger partial charge in [0, 0.05) is 33.9 Å². The summed E-state index contributed by atoms with van der Waals surface area (Å²) >= 11 is 7.13. The van der Waals surface area contributed by atoms with Crippen LogP contribution in [-0.2, 0) is 0 Å². The van der Waals surface area contributed by atoms with Gasteiger partial charge in [0.1, 0.15) is 23.8 Å². The van der Waals surface area contributed by atoms with Crippen LogP contribution in [-0.4, -0.2) is 4.57 Å². The van der Waals surface area contributed by atoms with Gasteiger partial charge in [-0.3, -0.25) is 0 Å². The molecule has 2 nitrogen and oxygen atoms in total. The van der Waals surface area contributed by atoms with Crippen LogP contribution in [0.1, 0.15) is 101 Å². The molecular formula is C27H36ClN2+. The smallest absolute Gasteiger partial charge is 0.185 e. The molecule has 0 fully saturated rings. The van der Waals surface area contributed by atoms with Gasteiger partial charge in [-0.25, -0.2) is 0 Å². The Morgan fingerprint density at radius 3 is 1.47 bits per heavy atom. The van der Waals surface area contributed by atoms with Gasteiger partial charge in [0.2, 0.25) is 0 Å². The summed E-state index contributed by atoms with van der Waals surface area (Å²) in [6.07, 6.45) is 4.24. The van der Waals surface area contributed by atoms with E-state index in [0.29, 0.717) is 23.7 Å². The van der Waals surface area contributed by atoms with E-state index in [9.17, 15) is 0 Å². The molecule has 0 bridgehead atoms. The van der Waals surface area contributed by atoms with E-state index in [1.54, 1.807) is 0 Å². The van der Waals surface area contributed by atoms with Crippen LogP contribution in [0.4, 0.5) is 0 Å². The molecule has 0 unspecified atom stereocenters. The highest BCUT2D eigenvalue weighted by Crippen LogP contribution is 2.34. The minimum Gasteiger partial charge on any atom is -0.185 e. The molecule has 3 aromatic rings. The third-order valence-electron chi connectivity index (χ3n) is 5.93. The molecular weight excluding hydrogens is 388 g/mol. The molecule has 0 saturated heterocycles. The van der Waals surface area contributed by atoms with E-state index in [4.69, 9.17) is 11.6 Å². The van der Waals surface area contributed by atoms with Crippen molar-refractivity contribution < 1.29 is 4.57 Å². The fourth-order valence-electron chi connectivity index (χ4n) is 4.29. The lowest BCUT2D eigenvalue weighted by Crippen LogP contribution is -2.34. The minimum absolute atomic E-state index is 0.416. The molecule has 0 aliphatic rings. The summed E-state index contributed by atoms with van der Waals surface area (Å²) in [5.41, 5.74) is 7.75. The second-order valence-corrected chi connectivity index (χ2v) is 9.83. The van der Waals surface area contributed by atoms with Crippen molar-refractivity contribution in [2.45, 2.75) is 79.1 Å². The first-order valence-electron chi connectivity index (χ1n) is 11.2. The van der Waals surface area contributed by atoms with Crippen LogP contribution in [0.3, 0.4) is 0 Å². The molecule has 30 heavy (non-hydrogen) atoms. The second kappa shape index (κ2) is 8.98. The van der Waals surface area contributed by atoms with Gasteiger partial charge in [-0.2, -0.15) is 9.13 Å². The lowest BCUT2D eigenvalue weighted by molar-refractivity contribution is -0.593. The maximum Gasteiger partial charge on any atom is 0.365 e. The van der Waals surface area contributed by atoms with Crippen molar-refractivity contribution in [2.75, 3.05) is 0 Å². The van der Waals surface area contributed by atoms with E-state index in [-0.39, 0.29) is 0 Å². The van der Waals surface area contributed by atoms with Gasteiger partial charge in [0.25, 0.3) is 0 Å². The zero-order valence-corrected chi connectivity index (χ0v) is 20.5. The van der Waals surface area contributed by atoms with E-state index >= 15 is 0 Å². The molecule has 160 valence electrons. The van der Waals surface area contributed by atoms with Gasteiger partial charge in [0.15, 0.2) is 0 Å². The van der Waals surface area contributed by atoms with Crippen molar-refractivity contribution in [3.05, 3.63) is 76.3 Å². The van der Waals surface area contributed by atoms with Crippen LogP contribution in [0.25, 0.3) is 11.4 Å². The summed E-state index contributed by atoms with van der Waals surface area (Å²) in [5.74, 6) is 1.67. The van der Waals surface area contributed by atoms with Crippen LogP contribution < -0.4 is 4.57 Å². The summed E-state index contributed by atoms with van der Waals surface area (Å²) < 4.78 is 4.35. The Bertz CT molecular complexity index is 892. The maximum atomic E-state index is 7.13. The van der Waals surface area contributed by atoms with E-state index in [1.165, 1.54) is 33.6 Å². The molecule has 1 heterocycles. The first-order chi connectivity index (χ1) is 14.1. The summed E-state index contributed by atoms with van der Waals surface area (Å²) in [7, 11) is 0. The van der Waals surface area contributed by atoms with Gasteiger partial charge >= 0.3 is 5.28 Å². The van der Waals surface area contributed by atoms with Gasteiger partial charge in [-0.15, -0.1) is 0 Å². The molecule has 0 atom stereocenters. The zero-order chi connectivity index (χ0) is 22.2. The van der Waals surface area contributed by atoms with E-state index < -0.39 is 0 Å². The lowest BCUT2D eigenvalue weighted by Gasteiger charge is -2.18. The molecule has 0 amide bonds. The Morgan fingerprint density at radius 2 is 1.07 bits per heavy atom. The lowest BCUT2D eigenvalue weighted by atomic mass is 9.92. The molecule has 3 rings (SSSR count). The predicted molar refractivity (Wildman–Crippen MR) is 129 cm³/mol. The van der Waals surface area contributed by atoms with Crippen molar-refractivity contribution in [3.8, 4) is 11.4 Å². The van der Waals surface area contributed by atoms with Crippen LogP contribution in [0.2, 0.25) is 5.28 Å². The standard InChI is InChI=1S/C27H36ClN2/c1-17(2)21-11-9-12-22(18(3)4)25(21)29-15-16-30(27(29)28)26-23(19(5)6)13-10-14-24(26)20(7)8/h9-20H,1-8H3/q+1. The van der Waals surface area contributed by atoms with E-state index in [1.807, 2.05) is 0 Å². The highest BCUT2D eigenvalue weighted by atomic mass is 35.5. The maximum absolute atomic E-state index is 7.13. The van der Waals surface area contributed by atoms with Crippen LogP contribution in [0.15, 0.2) is 48.8 Å². The molecule has 0 aliphatic heterocycles. The highest BCUT2D eigenvalue weighted by molar-refractivity contribution is 6.27. The van der Waals surface area contributed by atoms with Gasteiger partial charge in [-0.1, -0.05) is 91.8 Å². The second-order valence-electron chi connectivity index (χ2n) is 9.50. The van der Waals surface area contributed by atoms with Crippen molar-refractivity contribution >= 4 is 11.6 Å². The van der Waals surface area contributed by atoms with Crippen molar-refractivity contribution in [1.29, 1.82) is 0 Å². The monoisotopic (exact) mass is 423 g/mol. The van der Waals surface area contributed by atoms with Crippen molar-refractivity contribution in [1.82, 2.24) is 4.57 Å². The average Bonchev–Trinajstić information content (AvgIpc) is 3.07. The van der Waals surface area contributed by atoms with Crippen LogP contribution in [0, 0.1) is 0 Å². The number of nitrogens with zero attached hydrogens (tertiary/aromatic N) is 2. The third-order valence-corrected chi connectivity index (χ3v) is 6.29. The number of para-hydroxylation sites is 2. The number of benzene rings is 2. The first-order valence-corrected chi connectivity index (χ1v) is 11.6. The van der Waals surface area contributed by atoms with Crippen molar-refractivity contribution in [2.24, 2.45) is 0 Å². The highest BCUT2D eigenvalue weighted by Gasteiger charge is 2.28. The molecule has 3 heteroatoms. The number of hydrogen-bond acceptors (Lipinski definition) is 0. The Balaban J connectivity index is 2.32. The molecule has 0 radical (unpaired) electrons. The zero-order valence-electron chi connectivity index (χ0n) is 19.7. The van der Waals surface area contributed by atoms with Gasteiger partial charge in [-0.05, 0) is 23.7 Å². The summed E-state index contributed by atoms with van der Waals surface area (Å²) in [4.78, 5) is 0. The minimum atomic E-state index is 0.416. The van der Waals surface area contributed by atoms with E-state index in [2.05, 4.69) is 113 Å². The molecule has 0 aliphatic carbocycles. The van der Waals surface area contributed by atoms with Crippen LogP contribution in [0.5, 0.6) is 0 Å². The number of halogens is 1.